The zero-order chi connectivity index (χ0) is 12.5. The lowest BCUT2D eigenvalue weighted by Crippen LogP contribution is -1.92. The van der Waals surface area contributed by atoms with E-state index in [0.717, 1.165) is 6.08 Å². The van der Waals surface area contributed by atoms with Crippen molar-refractivity contribution in [2.75, 3.05) is 0 Å². The van der Waals surface area contributed by atoms with Gasteiger partial charge in [0.15, 0.2) is 0 Å². The Bertz CT molecular complexity index is 454. The molecule has 16 heavy (non-hydrogen) atoms. The summed E-state index contributed by atoms with van der Waals surface area (Å²) in [6.07, 6.45) is 0.986. The van der Waals surface area contributed by atoms with Crippen molar-refractivity contribution < 1.29 is 9.90 Å². The van der Waals surface area contributed by atoms with Crippen molar-refractivity contribution in [2.45, 2.75) is 6.92 Å². The predicted molar refractivity (Wildman–Crippen MR) is 67.8 cm³/mol. The highest BCUT2D eigenvalue weighted by Gasteiger charge is 2.15. The highest BCUT2D eigenvalue weighted by atomic mass is 35.5. The van der Waals surface area contributed by atoms with Gasteiger partial charge in [0.05, 0.1) is 20.1 Å². The van der Waals surface area contributed by atoms with Gasteiger partial charge < -0.3 is 5.11 Å². The molecule has 0 spiro atoms. The molecular weight excluding hydrogens is 294 g/mol. The Morgan fingerprint density at radius 3 is 2.00 bits per heavy atom. The van der Waals surface area contributed by atoms with Crippen LogP contribution in [0, 0.1) is 0 Å². The molecule has 0 aliphatic carbocycles. The fourth-order valence-corrected chi connectivity index (χ4v) is 2.28. The average molecular weight is 300 g/mol. The van der Waals surface area contributed by atoms with Gasteiger partial charge in [-0.2, -0.15) is 0 Å². The number of benzene rings is 1. The van der Waals surface area contributed by atoms with Crippen LogP contribution in [0.2, 0.25) is 20.1 Å². The highest BCUT2D eigenvalue weighted by Crippen LogP contribution is 2.40. The van der Waals surface area contributed by atoms with Crippen LogP contribution < -0.4 is 0 Å². The zero-order valence-electron chi connectivity index (χ0n) is 8.02. The molecule has 6 heteroatoms. The Kier molecular flexibility index (Phi) is 4.51. The summed E-state index contributed by atoms with van der Waals surface area (Å²) in [5.74, 6) is -1.10. The van der Waals surface area contributed by atoms with E-state index in [4.69, 9.17) is 51.5 Å². The molecule has 0 saturated heterocycles. The Morgan fingerprint density at radius 2 is 1.62 bits per heavy atom. The third-order valence-electron chi connectivity index (χ3n) is 1.85. The number of rotatable bonds is 2. The molecule has 0 atom stereocenters. The third kappa shape index (κ3) is 2.83. The number of halogens is 4. The highest BCUT2D eigenvalue weighted by molar-refractivity contribution is 6.49. The van der Waals surface area contributed by atoms with Gasteiger partial charge >= 0.3 is 5.97 Å². The van der Waals surface area contributed by atoms with Crippen LogP contribution >= 0.6 is 46.4 Å². The number of hydrogen-bond donors (Lipinski definition) is 1. The van der Waals surface area contributed by atoms with E-state index < -0.39 is 5.97 Å². The molecule has 0 aromatic heterocycles. The summed E-state index contributed by atoms with van der Waals surface area (Å²) in [7, 11) is 0. The third-order valence-corrected chi connectivity index (χ3v) is 3.42. The van der Waals surface area contributed by atoms with Crippen LogP contribution in [-0.4, -0.2) is 11.1 Å². The van der Waals surface area contributed by atoms with Gasteiger partial charge in [0.25, 0.3) is 0 Å². The summed E-state index contributed by atoms with van der Waals surface area (Å²) < 4.78 is 0. The van der Waals surface area contributed by atoms with Gasteiger partial charge in [0.2, 0.25) is 0 Å². The Balaban J connectivity index is 3.49. The maximum atomic E-state index is 10.5. The molecule has 0 unspecified atom stereocenters. The van der Waals surface area contributed by atoms with Crippen LogP contribution in [0.5, 0.6) is 0 Å². The molecule has 1 N–H and O–H groups in total. The second-order valence-electron chi connectivity index (χ2n) is 3.01. The minimum Gasteiger partial charge on any atom is -0.478 e. The summed E-state index contributed by atoms with van der Waals surface area (Å²) >= 11 is 23.5. The molecular formula is C10H6Cl4O2. The van der Waals surface area contributed by atoms with Gasteiger partial charge in [-0.15, -0.1) is 0 Å². The topological polar surface area (TPSA) is 37.3 Å². The monoisotopic (exact) mass is 298 g/mol. The van der Waals surface area contributed by atoms with Crippen LogP contribution in [-0.2, 0) is 4.79 Å². The van der Waals surface area contributed by atoms with Gasteiger partial charge in [-0.3, -0.25) is 0 Å². The van der Waals surface area contributed by atoms with E-state index in [1.807, 2.05) is 0 Å². The summed E-state index contributed by atoms with van der Waals surface area (Å²) in [6.45, 7) is 1.56. The van der Waals surface area contributed by atoms with Gasteiger partial charge in [-0.25, -0.2) is 4.79 Å². The molecule has 0 aliphatic heterocycles. The minimum absolute atomic E-state index is 0.186. The van der Waals surface area contributed by atoms with Crippen LogP contribution in [0.15, 0.2) is 12.1 Å². The second kappa shape index (κ2) is 5.28. The number of aliphatic carboxylic acids is 1. The van der Waals surface area contributed by atoms with Gasteiger partial charge in [-0.1, -0.05) is 46.4 Å². The van der Waals surface area contributed by atoms with E-state index in [0.29, 0.717) is 11.1 Å². The minimum atomic E-state index is -1.10. The van der Waals surface area contributed by atoms with Crippen molar-refractivity contribution in [1.82, 2.24) is 0 Å². The second-order valence-corrected chi connectivity index (χ2v) is 4.58. The van der Waals surface area contributed by atoms with Crippen molar-refractivity contribution >= 4 is 57.9 Å². The SMILES string of the molecule is C/C(=C\C(=O)O)c1c(Cl)c(Cl)cc(Cl)c1Cl. The van der Waals surface area contributed by atoms with Crippen LogP contribution in [0.3, 0.4) is 0 Å². The first kappa shape index (κ1) is 13.7. The molecule has 1 aromatic rings. The lowest BCUT2D eigenvalue weighted by atomic mass is 10.1. The number of carboxylic acids is 1. The zero-order valence-corrected chi connectivity index (χ0v) is 11.0. The molecule has 0 saturated carbocycles. The summed E-state index contributed by atoms with van der Waals surface area (Å²) in [4.78, 5) is 10.5. The first-order valence-electron chi connectivity index (χ1n) is 4.09. The lowest BCUT2D eigenvalue weighted by Gasteiger charge is -2.10. The number of allylic oxidation sites excluding steroid dienone is 1. The summed E-state index contributed by atoms with van der Waals surface area (Å²) in [5, 5.41) is 9.46. The molecule has 1 rings (SSSR count). The first-order chi connectivity index (χ1) is 7.34. The Hall–Kier alpha value is -0.410. The van der Waals surface area contributed by atoms with E-state index in [1.165, 1.54) is 6.07 Å². The molecule has 86 valence electrons. The maximum absolute atomic E-state index is 10.5. The quantitative estimate of drug-likeness (QED) is 0.630. The van der Waals surface area contributed by atoms with E-state index >= 15 is 0 Å². The molecule has 0 aliphatic rings. The van der Waals surface area contributed by atoms with Crippen LogP contribution in [0.25, 0.3) is 5.57 Å². The fraction of sp³-hybridized carbons (Fsp3) is 0.100. The predicted octanol–water partition coefficient (Wildman–Crippen LogP) is 4.79. The Morgan fingerprint density at radius 1 is 1.19 bits per heavy atom. The number of carbonyl (C=O) groups is 1. The number of carboxylic acid groups (broad SMARTS) is 1. The van der Waals surface area contributed by atoms with Crippen molar-refractivity contribution in [3.8, 4) is 0 Å². The standard InChI is InChI=1S/C10H6Cl4O2/c1-4(2-7(15)16)8-9(13)5(11)3-6(12)10(8)14/h2-3H,1H3,(H,15,16)/b4-2+. The van der Waals surface area contributed by atoms with Crippen molar-refractivity contribution in [1.29, 1.82) is 0 Å². The molecule has 0 fully saturated rings. The lowest BCUT2D eigenvalue weighted by molar-refractivity contribution is -0.131. The van der Waals surface area contributed by atoms with Crippen molar-refractivity contribution in [3.63, 3.8) is 0 Å². The number of hydrogen-bond acceptors (Lipinski definition) is 1. The molecule has 1 aromatic carbocycles. The first-order valence-corrected chi connectivity index (χ1v) is 5.60. The van der Waals surface area contributed by atoms with Gasteiger partial charge in [0.1, 0.15) is 0 Å². The molecule has 0 heterocycles. The van der Waals surface area contributed by atoms with Crippen LogP contribution in [0.4, 0.5) is 0 Å². The molecule has 0 radical (unpaired) electrons. The van der Waals surface area contributed by atoms with Crippen molar-refractivity contribution in [3.05, 3.63) is 37.8 Å². The van der Waals surface area contributed by atoms with E-state index in [1.54, 1.807) is 6.92 Å². The van der Waals surface area contributed by atoms with E-state index in [2.05, 4.69) is 0 Å². The smallest absolute Gasteiger partial charge is 0.328 e. The fourth-order valence-electron chi connectivity index (χ4n) is 1.18. The van der Waals surface area contributed by atoms with Gasteiger partial charge in [0, 0.05) is 11.6 Å². The molecule has 2 nitrogen and oxygen atoms in total. The van der Waals surface area contributed by atoms with E-state index in [-0.39, 0.29) is 20.1 Å². The molecule has 0 bridgehead atoms. The maximum Gasteiger partial charge on any atom is 0.328 e. The van der Waals surface area contributed by atoms with Crippen molar-refractivity contribution in [2.24, 2.45) is 0 Å². The largest absolute Gasteiger partial charge is 0.478 e. The van der Waals surface area contributed by atoms with Gasteiger partial charge in [-0.05, 0) is 18.6 Å². The van der Waals surface area contributed by atoms with E-state index in [9.17, 15) is 4.79 Å². The Labute approximate surface area is 112 Å². The average Bonchev–Trinajstić information content (AvgIpc) is 2.14. The summed E-state index contributed by atoms with van der Waals surface area (Å²) in [5.41, 5.74) is 0.718. The summed E-state index contributed by atoms with van der Waals surface area (Å²) in [6, 6.07) is 1.41. The normalized spacial score (nSPS) is 11.7. The molecule has 0 amide bonds. The van der Waals surface area contributed by atoms with Crippen LogP contribution in [0.1, 0.15) is 12.5 Å².